The van der Waals surface area contributed by atoms with Crippen LogP contribution in [0.3, 0.4) is 0 Å². The third-order valence-corrected chi connectivity index (χ3v) is 5.73. The van der Waals surface area contributed by atoms with Crippen molar-refractivity contribution >= 4 is 23.7 Å². The average Bonchev–Trinajstić information content (AvgIpc) is 3.12. The number of aromatic carboxylic acids is 1. The molecule has 0 saturated carbocycles. The lowest BCUT2D eigenvalue weighted by Gasteiger charge is -2.17. The smallest absolute Gasteiger partial charge is 0.407 e. The summed E-state index contributed by atoms with van der Waals surface area (Å²) in [6.07, 6.45) is -0.720. The molecule has 0 aromatic heterocycles. The van der Waals surface area contributed by atoms with E-state index in [1.54, 1.807) is 13.0 Å². The maximum Gasteiger partial charge on any atom is 0.407 e. The molecule has 7 heteroatoms. The van der Waals surface area contributed by atoms with Crippen LogP contribution in [-0.2, 0) is 9.53 Å². The molecule has 3 aromatic carbocycles. The van der Waals surface area contributed by atoms with Gasteiger partial charge in [-0.15, -0.1) is 0 Å². The molecule has 0 fully saturated rings. The van der Waals surface area contributed by atoms with Crippen molar-refractivity contribution in [2.24, 2.45) is 0 Å². The molecule has 0 heterocycles. The topological polar surface area (TPSA) is 105 Å². The molecule has 7 nitrogen and oxygen atoms in total. The Morgan fingerprint density at radius 2 is 1.58 bits per heavy atom. The Morgan fingerprint density at radius 3 is 2.18 bits per heavy atom. The van der Waals surface area contributed by atoms with Gasteiger partial charge in [0, 0.05) is 5.92 Å². The number of benzene rings is 3. The Labute approximate surface area is 191 Å². The standard InChI is InChI=1S/C26H24N2O5/c1-15-11-12-23(21(13-15)25(30)31)28-24(29)16(2)27-26(32)33-14-22-19-9-5-3-7-17(19)18-8-4-6-10-20(18)22/h3-13,16,22H,14H2,1-2H3,(H,27,32)(H,28,29)(H,30,31). The highest BCUT2D eigenvalue weighted by Crippen LogP contribution is 2.44. The van der Waals surface area contributed by atoms with Gasteiger partial charge in [0.2, 0.25) is 5.91 Å². The largest absolute Gasteiger partial charge is 0.478 e. The summed E-state index contributed by atoms with van der Waals surface area (Å²) in [6, 6.07) is 19.8. The first-order chi connectivity index (χ1) is 15.8. The number of anilines is 1. The number of carboxylic acid groups (broad SMARTS) is 1. The van der Waals surface area contributed by atoms with Gasteiger partial charge in [-0.05, 0) is 48.2 Å². The average molecular weight is 444 g/mol. The van der Waals surface area contributed by atoms with Gasteiger partial charge in [0.1, 0.15) is 12.6 Å². The number of ether oxygens (including phenoxy) is 1. The van der Waals surface area contributed by atoms with Gasteiger partial charge in [-0.2, -0.15) is 0 Å². The van der Waals surface area contributed by atoms with Crippen molar-refractivity contribution in [1.29, 1.82) is 0 Å². The molecule has 33 heavy (non-hydrogen) atoms. The van der Waals surface area contributed by atoms with Gasteiger partial charge in [-0.3, -0.25) is 4.79 Å². The molecule has 1 atom stereocenters. The number of amides is 2. The van der Waals surface area contributed by atoms with Crippen molar-refractivity contribution in [2.75, 3.05) is 11.9 Å². The molecular weight excluding hydrogens is 420 g/mol. The number of hydrogen-bond acceptors (Lipinski definition) is 4. The van der Waals surface area contributed by atoms with Crippen molar-refractivity contribution in [3.63, 3.8) is 0 Å². The highest BCUT2D eigenvalue weighted by Gasteiger charge is 2.29. The van der Waals surface area contributed by atoms with Crippen LogP contribution >= 0.6 is 0 Å². The molecule has 3 aromatic rings. The number of nitrogens with one attached hydrogen (secondary N) is 2. The Morgan fingerprint density at radius 1 is 0.970 bits per heavy atom. The highest BCUT2D eigenvalue weighted by molar-refractivity contribution is 6.02. The number of aryl methyl sites for hydroxylation is 1. The predicted octanol–water partition coefficient (Wildman–Crippen LogP) is 4.56. The second-order valence-electron chi connectivity index (χ2n) is 8.04. The summed E-state index contributed by atoms with van der Waals surface area (Å²) in [5, 5.41) is 14.4. The number of rotatable bonds is 6. The fourth-order valence-corrected chi connectivity index (χ4v) is 4.07. The van der Waals surface area contributed by atoms with Crippen LogP contribution in [0, 0.1) is 6.92 Å². The van der Waals surface area contributed by atoms with Crippen LogP contribution in [0.2, 0.25) is 0 Å². The fourth-order valence-electron chi connectivity index (χ4n) is 4.07. The summed E-state index contributed by atoms with van der Waals surface area (Å²) in [5.74, 6) is -1.78. The Hall–Kier alpha value is -4.13. The van der Waals surface area contributed by atoms with Crippen molar-refractivity contribution in [3.05, 3.63) is 89.0 Å². The Bertz CT molecular complexity index is 1190. The molecule has 1 aliphatic rings. The second kappa shape index (κ2) is 9.16. The van der Waals surface area contributed by atoms with E-state index in [9.17, 15) is 19.5 Å². The van der Waals surface area contributed by atoms with E-state index in [0.29, 0.717) is 0 Å². The van der Waals surface area contributed by atoms with Gasteiger partial charge in [-0.25, -0.2) is 9.59 Å². The van der Waals surface area contributed by atoms with Crippen molar-refractivity contribution < 1.29 is 24.2 Å². The Kier molecular flexibility index (Phi) is 6.13. The first-order valence-corrected chi connectivity index (χ1v) is 10.6. The minimum absolute atomic E-state index is 0.0170. The fraction of sp³-hybridized carbons (Fsp3) is 0.192. The SMILES string of the molecule is Cc1ccc(NC(=O)C(C)NC(=O)OCC2c3ccccc3-c3ccccc32)c(C(=O)O)c1. The minimum atomic E-state index is -1.15. The summed E-state index contributed by atoms with van der Waals surface area (Å²) in [5.41, 5.74) is 5.35. The Balaban J connectivity index is 1.38. The molecule has 3 N–H and O–H groups in total. The number of fused-ring (bicyclic) bond motifs is 3. The van der Waals surface area contributed by atoms with Crippen LogP contribution < -0.4 is 10.6 Å². The summed E-state index contributed by atoms with van der Waals surface area (Å²) in [4.78, 5) is 36.4. The summed E-state index contributed by atoms with van der Waals surface area (Å²) >= 11 is 0. The maximum atomic E-state index is 12.5. The number of alkyl carbamates (subject to hydrolysis) is 1. The van der Waals surface area contributed by atoms with Crippen molar-refractivity contribution in [3.8, 4) is 11.1 Å². The number of hydrogen-bond donors (Lipinski definition) is 3. The predicted molar refractivity (Wildman–Crippen MR) is 124 cm³/mol. The van der Waals surface area contributed by atoms with Gasteiger partial charge in [0.25, 0.3) is 0 Å². The van der Waals surface area contributed by atoms with Crippen LogP contribution in [0.25, 0.3) is 11.1 Å². The number of carbonyl (C=O) groups is 3. The van der Waals surface area contributed by atoms with Crippen molar-refractivity contribution in [1.82, 2.24) is 5.32 Å². The summed E-state index contributed by atoms with van der Waals surface area (Å²) in [6.45, 7) is 3.40. The minimum Gasteiger partial charge on any atom is -0.478 e. The lowest BCUT2D eigenvalue weighted by atomic mass is 9.98. The third-order valence-electron chi connectivity index (χ3n) is 5.73. The van der Waals surface area contributed by atoms with Gasteiger partial charge in [-0.1, -0.05) is 60.2 Å². The van der Waals surface area contributed by atoms with E-state index in [1.165, 1.54) is 19.1 Å². The molecule has 0 aliphatic heterocycles. The van der Waals surface area contributed by atoms with Gasteiger partial charge >= 0.3 is 12.1 Å². The summed E-state index contributed by atoms with van der Waals surface area (Å²) < 4.78 is 5.46. The van der Waals surface area contributed by atoms with E-state index in [2.05, 4.69) is 22.8 Å². The first-order valence-electron chi connectivity index (χ1n) is 10.6. The molecule has 2 amide bonds. The molecule has 0 spiro atoms. The monoisotopic (exact) mass is 444 g/mol. The number of carbonyl (C=O) groups excluding carboxylic acids is 2. The second-order valence-corrected chi connectivity index (χ2v) is 8.04. The van der Waals surface area contributed by atoms with E-state index < -0.39 is 24.0 Å². The lowest BCUT2D eigenvalue weighted by molar-refractivity contribution is -0.117. The van der Waals surface area contributed by atoms with Gasteiger partial charge < -0.3 is 20.5 Å². The zero-order valence-electron chi connectivity index (χ0n) is 18.3. The molecular formula is C26H24N2O5. The maximum absolute atomic E-state index is 12.5. The van der Waals surface area contributed by atoms with Crippen LogP contribution in [0.15, 0.2) is 66.7 Å². The van der Waals surface area contributed by atoms with Gasteiger partial charge in [0.15, 0.2) is 0 Å². The molecule has 0 radical (unpaired) electrons. The molecule has 0 saturated heterocycles. The molecule has 4 rings (SSSR count). The first kappa shape index (κ1) is 22.1. The number of carboxylic acids is 1. The highest BCUT2D eigenvalue weighted by atomic mass is 16.5. The van der Waals surface area contributed by atoms with E-state index in [4.69, 9.17) is 4.74 Å². The normalized spacial score (nSPS) is 12.9. The van der Waals surface area contributed by atoms with E-state index in [-0.39, 0.29) is 23.8 Å². The zero-order chi connectivity index (χ0) is 23.5. The molecule has 1 aliphatic carbocycles. The molecule has 168 valence electrons. The lowest BCUT2D eigenvalue weighted by Crippen LogP contribution is -2.42. The van der Waals surface area contributed by atoms with E-state index in [1.807, 2.05) is 36.4 Å². The van der Waals surface area contributed by atoms with Crippen LogP contribution in [0.1, 0.15) is 39.9 Å². The van der Waals surface area contributed by atoms with Crippen LogP contribution in [-0.4, -0.2) is 35.7 Å². The third kappa shape index (κ3) is 4.57. The molecule has 0 bridgehead atoms. The van der Waals surface area contributed by atoms with Gasteiger partial charge in [0.05, 0.1) is 11.3 Å². The van der Waals surface area contributed by atoms with Crippen molar-refractivity contribution in [2.45, 2.75) is 25.8 Å². The van der Waals surface area contributed by atoms with Crippen LogP contribution in [0.5, 0.6) is 0 Å². The van der Waals surface area contributed by atoms with Crippen LogP contribution in [0.4, 0.5) is 10.5 Å². The summed E-state index contributed by atoms with van der Waals surface area (Å²) in [7, 11) is 0. The van der Waals surface area contributed by atoms with E-state index in [0.717, 1.165) is 27.8 Å². The molecule has 1 unspecified atom stereocenters. The zero-order valence-corrected chi connectivity index (χ0v) is 18.3. The quantitative estimate of drug-likeness (QED) is 0.517. The van der Waals surface area contributed by atoms with E-state index >= 15 is 0 Å².